The van der Waals surface area contributed by atoms with E-state index in [0.717, 1.165) is 5.57 Å². The minimum Gasteiger partial charge on any atom is -0.392 e. The van der Waals surface area contributed by atoms with E-state index in [0.29, 0.717) is 6.42 Å². The summed E-state index contributed by atoms with van der Waals surface area (Å²) >= 11 is 0. The second-order valence-electron chi connectivity index (χ2n) is 3.30. The van der Waals surface area contributed by atoms with E-state index in [-0.39, 0.29) is 6.61 Å². The van der Waals surface area contributed by atoms with Gasteiger partial charge in [0, 0.05) is 0 Å². The summed E-state index contributed by atoms with van der Waals surface area (Å²) in [5, 5.41) is 18.1. The first kappa shape index (κ1) is 12.1. The average molecular weight is 182 g/mol. The van der Waals surface area contributed by atoms with Gasteiger partial charge in [-0.3, -0.25) is 0 Å². The molecule has 0 aliphatic heterocycles. The highest BCUT2D eigenvalue weighted by atomic mass is 16.3. The smallest absolute Gasteiger partial charge is 0.0831 e. The second-order valence-corrected chi connectivity index (χ2v) is 3.30. The third-order valence-electron chi connectivity index (χ3n) is 1.76. The van der Waals surface area contributed by atoms with Crippen LogP contribution in [-0.2, 0) is 0 Å². The molecule has 13 heavy (non-hydrogen) atoms. The third-order valence-corrected chi connectivity index (χ3v) is 1.76. The van der Waals surface area contributed by atoms with Crippen LogP contribution in [-0.4, -0.2) is 22.4 Å². The van der Waals surface area contributed by atoms with Gasteiger partial charge in [-0.15, -0.1) is 6.58 Å². The molecule has 0 amide bonds. The number of allylic oxidation sites excluding steroid dienone is 2. The topological polar surface area (TPSA) is 40.5 Å². The lowest BCUT2D eigenvalue weighted by molar-refractivity contribution is 0.115. The van der Waals surface area contributed by atoms with E-state index in [9.17, 15) is 5.11 Å². The van der Waals surface area contributed by atoms with Crippen molar-refractivity contribution in [2.24, 2.45) is 0 Å². The maximum Gasteiger partial charge on any atom is 0.0831 e. The van der Waals surface area contributed by atoms with Crippen molar-refractivity contribution >= 4 is 0 Å². The molecule has 0 aliphatic carbocycles. The molecule has 0 saturated heterocycles. The molecule has 0 aromatic heterocycles. The van der Waals surface area contributed by atoms with Crippen LogP contribution in [0.15, 0.2) is 36.5 Å². The standard InChI is InChI=1S/C11H18O2/c1-4-11(3,13)8-5-6-10(2)7-9-12/h4-7,12-13H,1,8-9H2,2-3H3/b6-5+,10-7+. The van der Waals surface area contributed by atoms with Crippen LogP contribution >= 0.6 is 0 Å². The number of hydrogen-bond acceptors (Lipinski definition) is 2. The van der Waals surface area contributed by atoms with E-state index in [1.807, 2.05) is 19.1 Å². The Morgan fingerprint density at radius 2 is 2.15 bits per heavy atom. The van der Waals surface area contributed by atoms with Crippen molar-refractivity contribution in [1.29, 1.82) is 0 Å². The molecule has 1 unspecified atom stereocenters. The first-order valence-corrected chi connectivity index (χ1v) is 4.32. The number of aliphatic hydroxyl groups excluding tert-OH is 1. The molecule has 0 saturated carbocycles. The van der Waals surface area contributed by atoms with Crippen molar-refractivity contribution < 1.29 is 10.2 Å². The number of rotatable bonds is 5. The van der Waals surface area contributed by atoms with Crippen molar-refractivity contribution in [2.45, 2.75) is 25.9 Å². The molecule has 0 heterocycles. The summed E-state index contributed by atoms with van der Waals surface area (Å²) in [6.07, 6.45) is 7.49. The van der Waals surface area contributed by atoms with E-state index < -0.39 is 5.60 Å². The quantitative estimate of drug-likeness (QED) is 0.503. The van der Waals surface area contributed by atoms with Gasteiger partial charge in [0.1, 0.15) is 0 Å². The fourth-order valence-electron chi connectivity index (χ4n) is 0.779. The van der Waals surface area contributed by atoms with E-state index in [2.05, 4.69) is 6.58 Å². The van der Waals surface area contributed by atoms with Gasteiger partial charge in [-0.2, -0.15) is 0 Å². The summed E-state index contributed by atoms with van der Waals surface area (Å²) in [5.41, 5.74) is 0.151. The summed E-state index contributed by atoms with van der Waals surface area (Å²) in [5.74, 6) is 0. The lowest BCUT2D eigenvalue weighted by Gasteiger charge is -2.14. The third kappa shape index (κ3) is 6.31. The molecule has 0 fully saturated rings. The highest BCUT2D eigenvalue weighted by Gasteiger charge is 2.11. The molecule has 74 valence electrons. The molecule has 0 aliphatic rings. The Hall–Kier alpha value is -0.860. The summed E-state index contributed by atoms with van der Waals surface area (Å²) < 4.78 is 0. The van der Waals surface area contributed by atoms with Gasteiger partial charge in [0.25, 0.3) is 0 Å². The van der Waals surface area contributed by atoms with Crippen LogP contribution < -0.4 is 0 Å². The Morgan fingerprint density at radius 1 is 1.54 bits per heavy atom. The van der Waals surface area contributed by atoms with Crippen LogP contribution in [0.25, 0.3) is 0 Å². The summed E-state index contributed by atoms with van der Waals surface area (Å²) in [6.45, 7) is 7.18. The lowest BCUT2D eigenvalue weighted by Crippen LogP contribution is -2.18. The Bertz CT molecular complexity index is 212. The van der Waals surface area contributed by atoms with Crippen molar-refractivity contribution in [3.05, 3.63) is 36.5 Å². The fraction of sp³-hybridized carbons (Fsp3) is 0.455. The van der Waals surface area contributed by atoms with Crippen LogP contribution in [0.4, 0.5) is 0 Å². The second kappa shape index (κ2) is 5.73. The number of hydrogen-bond donors (Lipinski definition) is 2. The van der Waals surface area contributed by atoms with Crippen LogP contribution in [0.5, 0.6) is 0 Å². The molecule has 2 heteroatoms. The first-order valence-electron chi connectivity index (χ1n) is 4.32. The Labute approximate surface area is 79.9 Å². The Morgan fingerprint density at radius 3 is 2.62 bits per heavy atom. The van der Waals surface area contributed by atoms with Gasteiger partial charge in [-0.25, -0.2) is 0 Å². The van der Waals surface area contributed by atoms with Crippen LogP contribution in [0.3, 0.4) is 0 Å². The Balaban J connectivity index is 4.01. The van der Waals surface area contributed by atoms with Crippen molar-refractivity contribution in [3.63, 3.8) is 0 Å². The van der Waals surface area contributed by atoms with Gasteiger partial charge in [-0.05, 0) is 20.3 Å². The molecular formula is C11H18O2. The van der Waals surface area contributed by atoms with Gasteiger partial charge in [0.05, 0.1) is 12.2 Å². The summed E-state index contributed by atoms with van der Waals surface area (Å²) in [4.78, 5) is 0. The fourth-order valence-corrected chi connectivity index (χ4v) is 0.779. The van der Waals surface area contributed by atoms with E-state index in [1.165, 1.54) is 6.08 Å². The molecular weight excluding hydrogens is 164 g/mol. The maximum absolute atomic E-state index is 9.53. The van der Waals surface area contributed by atoms with Crippen molar-refractivity contribution in [3.8, 4) is 0 Å². The lowest BCUT2D eigenvalue weighted by atomic mass is 10.0. The van der Waals surface area contributed by atoms with Gasteiger partial charge in [0.15, 0.2) is 0 Å². The minimum absolute atomic E-state index is 0.0496. The molecule has 0 aromatic carbocycles. The van der Waals surface area contributed by atoms with Gasteiger partial charge >= 0.3 is 0 Å². The molecule has 0 rings (SSSR count). The van der Waals surface area contributed by atoms with E-state index in [4.69, 9.17) is 5.11 Å². The summed E-state index contributed by atoms with van der Waals surface area (Å²) in [7, 11) is 0. The van der Waals surface area contributed by atoms with Crippen LogP contribution in [0.1, 0.15) is 20.3 Å². The van der Waals surface area contributed by atoms with Gasteiger partial charge < -0.3 is 10.2 Å². The molecule has 0 spiro atoms. The van der Waals surface area contributed by atoms with Crippen molar-refractivity contribution in [2.75, 3.05) is 6.61 Å². The zero-order valence-corrected chi connectivity index (χ0v) is 8.33. The minimum atomic E-state index is -0.837. The summed E-state index contributed by atoms with van der Waals surface area (Å²) in [6, 6.07) is 0. The SMILES string of the molecule is C=CC(C)(O)C/C=C/C(C)=C/CO. The maximum atomic E-state index is 9.53. The first-order chi connectivity index (χ1) is 6.02. The van der Waals surface area contributed by atoms with Gasteiger partial charge in [-0.1, -0.05) is 29.9 Å². The zero-order chi connectivity index (χ0) is 10.3. The monoisotopic (exact) mass is 182 g/mol. The zero-order valence-electron chi connectivity index (χ0n) is 8.33. The largest absolute Gasteiger partial charge is 0.392 e. The number of aliphatic hydroxyl groups is 2. The van der Waals surface area contributed by atoms with Crippen molar-refractivity contribution in [1.82, 2.24) is 0 Å². The van der Waals surface area contributed by atoms with Crippen LogP contribution in [0, 0.1) is 0 Å². The van der Waals surface area contributed by atoms with E-state index >= 15 is 0 Å². The highest BCUT2D eigenvalue weighted by Crippen LogP contribution is 2.11. The molecule has 0 aromatic rings. The molecule has 1 atom stereocenters. The normalized spacial score (nSPS) is 17.4. The predicted octanol–water partition coefficient (Wildman–Crippen LogP) is 1.81. The predicted molar refractivity (Wildman–Crippen MR) is 55.4 cm³/mol. The van der Waals surface area contributed by atoms with E-state index in [1.54, 1.807) is 13.0 Å². The average Bonchev–Trinajstić information content (AvgIpc) is 2.05. The van der Waals surface area contributed by atoms with Crippen LogP contribution in [0.2, 0.25) is 0 Å². The molecule has 2 N–H and O–H groups in total. The highest BCUT2D eigenvalue weighted by molar-refractivity contribution is 5.16. The molecule has 0 bridgehead atoms. The molecule has 2 nitrogen and oxygen atoms in total. The Kier molecular flexibility index (Phi) is 5.35. The van der Waals surface area contributed by atoms with Gasteiger partial charge in [0.2, 0.25) is 0 Å². The molecule has 0 radical (unpaired) electrons.